The van der Waals surface area contributed by atoms with E-state index in [4.69, 9.17) is 49.1 Å². The third-order valence-corrected chi connectivity index (χ3v) is 9.54. The molecule has 64 heavy (non-hydrogen) atoms. The van der Waals surface area contributed by atoms with Crippen LogP contribution >= 0.6 is 0 Å². The van der Waals surface area contributed by atoms with Crippen LogP contribution in [0.5, 0.6) is 0 Å². The molecule has 0 bridgehead atoms. The van der Waals surface area contributed by atoms with Crippen LogP contribution < -0.4 is 10.6 Å². The van der Waals surface area contributed by atoms with E-state index in [0.29, 0.717) is 56.8 Å². The number of benzene rings is 1. The van der Waals surface area contributed by atoms with E-state index in [-0.39, 0.29) is 13.0 Å². The van der Waals surface area contributed by atoms with Gasteiger partial charge < -0.3 is 53.3 Å². The van der Waals surface area contributed by atoms with Gasteiger partial charge in [-0.1, -0.05) is 36.1 Å². The van der Waals surface area contributed by atoms with Crippen molar-refractivity contribution in [1.82, 2.24) is 25.6 Å². The van der Waals surface area contributed by atoms with Gasteiger partial charge in [-0.25, -0.2) is 9.48 Å². The molecule has 2 aromatic rings. The predicted molar refractivity (Wildman–Crippen MR) is 221 cm³/mol. The molecule has 0 spiro atoms. The first kappa shape index (κ1) is 52.4. The summed E-state index contributed by atoms with van der Waals surface area (Å²) in [6, 6.07) is 5.17. The highest BCUT2D eigenvalue weighted by Crippen LogP contribution is 2.37. The van der Waals surface area contributed by atoms with Crippen molar-refractivity contribution in [3.8, 4) is 12.3 Å². The minimum absolute atomic E-state index is 0.0820. The monoisotopic (exact) mass is 901 g/mol. The Morgan fingerprint density at radius 1 is 0.891 bits per heavy atom. The van der Waals surface area contributed by atoms with Crippen molar-refractivity contribution >= 4 is 41.7 Å². The zero-order chi connectivity index (χ0) is 47.1. The quantitative estimate of drug-likeness (QED) is 0.0546. The first-order valence-corrected chi connectivity index (χ1v) is 20.7. The van der Waals surface area contributed by atoms with Crippen LogP contribution in [-0.2, 0) is 95.6 Å². The van der Waals surface area contributed by atoms with E-state index >= 15 is 0 Å². The smallest absolute Gasteiger partial charge is 0.366 e. The molecule has 0 radical (unpaired) electrons. The van der Waals surface area contributed by atoms with Gasteiger partial charge in [0.1, 0.15) is 12.2 Å². The van der Waals surface area contributed by atoms with Crippen LogP contribution in [-0.4, -0.2) is 147 Å². The number of methoxy groups -OCH3 is 2. The van der Waals surface area contributed by atoms with Crippen LogP contribution in [0.25, 0.3) is 0 Å². The molecule has 0 saturated carbocycles. The molecule has 1 fully saturated rings. The second kappa shape index (κ2) is 27.3. The van der Waals surface area contributed by atoms with E-state index in [9.17, 15) is 33.6 Å². The fraction of sp³-hybridized carbons (Fsp3) is 0.605. The molecule has 6 atom stereocenters. The second-order valence-corrected chi connectivity index (χ2v) is 14.7. The van der Waals surface area contributed by atoms with Crippen LogP contribution in [0.1, 0.15) is 76.6 Å². The number of terminal acetylenes is 1. The van der Waals surface area contributed by atoms with Gasteiger partial charge in [-0.2, -0.15) is 0 Å². The van der Waals surface area contributed by atoms with Gasteiger partial charge in [0.2, 0.25) is 5.91 Å². The number of nitrogens with one attached hydrogen (secondary N) is 2. The normalized spacial score (nSPS) is 18.9. The summed E-state index contributed by atoms with van der Waals surface area (Å²) in [5.41, 5.74) is 2.03. The lowest BCUT2D eigenvalue weighted by molar-refractivity contribution is -0.313. The third kappa shape index (κ3) is 18.0. The molecule has 21 nitrogen and oxygen atoms in total. The number of amides is 2. The Labute approximate surface area is 371 Å². The van der Waals surface area contributed by atoms with Crippen molar-refractivity contribution in [2.45, 2.75) is 115 Å². The molecule has 1 aliphatic heterocycles. The molecule has 2 N–H and O–H groups in total. The van der Waals surface area contributed by atoms with Crippen LogP contribution in [0.3, 0.4) is 0 Å². The zero-order valence-corrected chi connectivity index (χ0v) is 37.1. The molecular weight excluding hydrogens is 842 g/mol. The summed E-state index contributed by atoms with van der Waals surface area (Å²) in [6.45, 7) is 4.95. The van der Waals surface area contributed by atoms with Gasteiger partial charge in [0.05, 0.1) is 71.2 Å². The highest BCUT2D eigenvalue weighted by Gasteiger charge is 2.59. The van der Waals surface area contributed by atoms with E-state index < -0.39 is 97.5 Å². The largest absolute Gasteiger partial charge is 0.465 e. The summed E-state index contributed by atoms with van der Waals surface area (Å²) < 4.78 is 51.7. The van der Waals surface area contributed by atoms with Crippen LogP contribution in [0.15, 0.2) is 30.5 Å². The number of hydrogen-bond donors (Lipinski definition) is 2. The van der Waals surface area contributed by atoms with Crippen molar-refractivity contribution in [3.63, 3.8) is 0 Å². The minimum Gasteiger partial charge on any atom is -0.465 e. The molecule has 1 aromatic heterocycles. The van der Waals surface area contributed by atoms with Gasteiger partial charge >= 0.3 is 29.8 Å². The van der Waals surface area contributed by atoms with Crippen molar-refractivity contribution in [2.75, 3.05) is 53.8 Å². The SMILES string of the molecule is C#Cc1ccc(CC(=O)NC[C@@H](OC(C)=O)[C@@H](OC(C)=O)[C@@H]2O[C@@](OCCCCCCc3cn(CCOCCOC)nn3)(C(=O)OC)C[C@H](OC(C)=O)[C@H]2NC(=O)COC(C)=O)cc1. The molecule has 21 heteroatoms. The summed E-state index contributed by atoms with van der Waals surface area (Å²) in [7, 11) is 2.68. The molecule has 1 aromatic carbocycles. The number of esters is 5. The highest BCUT2D eigenvalue weighted by atomic mass is 16.7. The number of rotatable bonds is 27. The summed E-state index contributed by atoms with van der Waals surface area (Å²) in [4.78, 5) is 89.8. The van der Waals surface area contributed by atoms with Gasteiger partial charge in [0.25, 0.3) is 11.7 Å². The lowest BCUT2D eigenvalue weighted by Crippen LogP contribution is -2.70. The zero-order valence-electron chi connectivity index (χ0n) is 37.1. The number of carbonyl (C=O) groups excluding carboxylic acids is 7. The molecule has 0 aliphatic carbocycles. The Morgan fingerprint density at radius 2 is 1.61 bits per heavy atom. The van der Waals surface area contributed by atoms with E-state index in [1.54, 1.807) is 36.1 Å². The Morgan fingerprint density at radius 3 is 2.25 bits per heavy atom. The number of hydrogen-bond acceptors (Lipinski definition) is 18. The highest BCUT2D eigenvalue weighted by molar-refractivity contribution is 5.81. The summed E-state index contributed by atoms with van der Waals surface area (Å²) in [5, 5.41) is 13.6. The van der Waals surface area contributed by atoms with Crippen molar-refractivity contribution in [1.29, 1.82) is 0 Å². The van der Waals surface area contributed by atoms with E-state index in [1.807, 2.05) is 6.20 Å². The predicted octanol–water partition coefficient (Wildman–Crippen LogP) is 0.902. The maximum Gasteiger partial charge on any atom is 0.366 e. The summed E-state index contributed by atoms with van der Waals surface area (Å²) in [5.74, 6) is -5.78. The van der Waals surface area contributed by atoms with E-state index in [2.05, 4.69) is 26.9 Å². The Kier molecular flexibility index (Phi) is 22.3. The van der Waals surface area contributed by atoms with Crippen LogP contribution in [0, 0.1) is 12.3 Å². The molecule has 3 rings (SSSR count). The van der Waals surface area contributed by atoms with Crippen molar-refractivity contribution < 1.29 is 76.2 Å². The number of unbranched alkanes of at least 4 members (excludes halogenated alkanes) is 3. The van der Waals surface area contributed by atoms with Crippen molar-refractivity contribution in [3.05, 3.63) is 47.3 Å². The van der Waals surface area contributed by atoms with Crippen molar-refractivity contribution in [2.24, 2.45) is 0 Å². The number of aromatic nitrogens is 3. The molecule has 0 unspecified atom stereocenters. The third-order valence-electron chi connectivity index (χ3n) is 9.54. The number of ether oxygens (including phenoxy) is 9. The van der Waals surface area contributed by atoms with Gasteiger partial charge in [-0.05, 0) is 37.0 Å². The van der Waals surface area contributed by atoms with E-state index in [1.165, 1.54) is 0 Å². The standard InChI is InChI=1S/C43H59N5O16/c1-8-32-14-16-33(17-15-32)23-37(53)44-25-36(62-30(4)51)40(63-31(5)52)41-39(45-38(54)27-59-28(2)49)35(61-29(3)50)24-43(64-41,42(55)57-7)60-19-12-10-9-11-13-34-26-48(47-46-34)18-20-58-22-21-56-6/h1,14-17,26,35-36,39-41H,9-13,18-25,27H2,2-7H3,(H,44,53)(H,45,54)/t35-,36+,39+,40+,41+,43+/m0/s1. The van der Waals surface area contributed by atoms with Gasteiger partial charge in [0.15, 0.2) is 18.8 Å². The molecule has 1 aliphatic rings. The number of nitrogens with zero attached hydrogens (tertiary/aromatic N) is 3. The first-order chi connectivity index (χ1) is 30.6. The molecule has 2 amide bonds. The lowest BCUT2D eigenvalue weighted by Gasteiger charge is -2.48. The molecular formula is C43H59N5O16. The lowest BCUT2D eigenvalue weighted by atomic mass is 9.87. The van der Waals surface area contributed by atoms with Gasteiger partial charge in [0, 0.05) is 46.6 Å². The maximum absolute atomic E-state index is 13.8. The molecule has 1 saturated heterocycles. The average molecular weight is 902 g/mol. The molecule has 2 heterocycles. The Bertz CT molecular complexity index is 1900. The van der Waals surface area contributed by atoms with Crippen LogP contribution in [0.2, 0.25) is 0 Å². The first-order valence-electron chi connectivity index (χ1n) is 20.7. The van der Waals surface area contributed by atoms with Crippen LogP contribution in [0.4, 0.5) is 0 Å². The fourth-order valence-electron chi connectivity index (χ4n) is 6.68. The number of carbonyl (C=O) groups is 7. The topological polar surface area (TPSA) is 257 Å². The van der Waals surface area contributed by atoms with Gasteiger partial charge in [-0.15, -0.1) is 11.5 Å². The molecule has 352 valence electrons. The fourth-order valence-corrected chi connectivity index (χ4v) is 6.68. The summed E-state index contributed by atoms with van der Waals surface area (Å²) >= 11 is 0. The number of aryl methyl sites for hydroxylation is 1. The average Bonchev–Trinajstić information content (AvgIpc) is 3.70. The minimum atomic E-state index is -2.35. The van der Waals surface area contributed by atoms with E-state index in [0.717, 1.165) is 53.3 Å². The second-order valence-electron chi connectivity index (χ2n) is 14.7. The maximum atomic E-state index is 13.8. The summed E-state index contributed by atoms with van der Waals surface area (Å²) in [6.07, 6.45) is 3.40. The Hall–Kier alpha value is -5.95. The van der Waals surface area contributed by atoms with Gasteiger partial charge in [-0.3, -0.25) is 28.8 Å². The Balaban J connectivity index is 1.88.